The Morgan fingerprint density at radius 2 is 2.12 bits per heavy atom. The highest BCUT2D eigenvalue weighted by Gasteiger charge is 2.28. The first kappa shape index (κ1) is 19.3. The van der Waals surface area contributed by atoms with E-state index in [1.807, 2.05) is 0 Å². The summed E-state index contributed by atoms with van der Waals surface area (Å²) in [6.45, 7) is 0.807. The van der Waals surface area contributed by atoms with Gasteiger partial charge in [0, 0.05) is 27.1 Å². The lowest BCUT2D eigenvalue weighted by Crippen LogP contribution is -2.50. The minimum Gasteiger partial charge on any atom is -0.379 e. The Morgan fingerprint density at radius 3 is 2.84 bits per heavy atom. The lowest BCUT2D eigenvalue weighted by atomic mass is 10.0. The van der Waals surface area contributed by atoms with Crippen molar-refractivity contribution in [1.82, 2.24) is 10.2 Å². The molecule has 0 saturated carbocycles. The first-order chi connectivity index (χ1) is 12.0. The Hall–Kier alpha value is -1.99. The quantitative estimate of drug-likeness (QED) is 0.799. The highest BCUT2D eigenvalue weighted by atomic mass is 19.1. The molecule has 1 fully saturated rings. The van der Waals surface area contributed by atoms with Gasteiger partial charge in [-0.2, -0.15) is 0 Å². The Balaban J connectivity index is 1.82. The molecule has 1 N–H and O–H groups in total. The molecule has 1 saturated heterocycles. The van der Waals surface area contributed by atoms with Crippen molar-refractivity contribution in [2.24, 2.45) is 0 Å². The van der Waals surface area contributed by atoms with E-state index in [-0.39, 0.29) is 42.8 Å². The number of rotatable bonds is 7. The van der Waals surface area contributed by atoms with Crippen molar-refractivity contribution in [2.45, 2.75) is 31.4 Å². The van der Waals surface area contributed by atoms with Crippen molar-refractivity contribution in [3.05, 3.63) is 35.6 Å². The lowest BCUT2D eigenvalue weighted by Gasteiger charge is -2.32. The van der Waals surface area contributed by atoms with Crippen LogP contribution >= 0.6 is 0 Å². The fourth-order valence-electron chi connectivity index (χ4n) is 2.58. The predicted molar refractivity (Wildman–Crippen MR) is 90.5 cm³/mol. The summed E-state index contributed by atoms with van der Waals surface area (Å²) in [4.78, 5) is 25.3. The number of halogens is 1. The molecule has 1 aromatic carbocycles. The molecule has 0 radical (unpaired) electrons. The van der Waals surface area contributed by atoms with Crippen LogP contribution in [0.1, 0.15) is 18.4 Å². The van der Waals surface area contributed by atoms with Crippen molar-refractivity contribution < 1.29 is 23.5 Å². The van der Waals surface area contributed by atoms with Crippen molar-refractivity contribution in [2.75, 3.05) is 33.9 Å². The summed E-state index contributed by atoms with van der Waals surface area (Å²) in [6.07, 6.45) is 0.787. The van der Waals surface area contributed by atoms with E-state index >= 15 is 0 Å². The SMILES string of the molecule is CN(C)C(=O)CO[C@@H]1COCC[C@H]1NC(=O)CCc1ccccc1F. The van der Waals surface area contributed by atoms with Crippen LogP contribution in [0.25, 0.3) is 0 Å². The molecule has 1 aromatic rings. The lowest BCUT2D eigenvalue weighted by molar-refractivity contribution is -0.141. The molecule has 1 heterocycles. The molecule has 1 aliphatic rings. The number of nitrogens with zero attached hydrogens (tertiary/aromatic N) is 1. The fraction of sp³-hybridized carbons (Fsp3) is 0.556. The van der Waals surface area contributed by atoms with E-state index in [0.29, 0.717) is 31.6 Å². The largest absolute Gasteiger partial charge is 0.379 e. The normalized spacial score (nSPS) is 20.1. The number of aryl methyl sites for hydroxylation is 1. The molecule has 1 aliphatic heterocycles. The van der Waals surface area contributed by atoms with Gasteiger partial charge < -0.3 is 19.7 Å². The number of amides is 2. The topological polar surface area (TPSA) is 67.9 Å². The summed E-state index contributed by atoms with van der Waals surface area (Å²) in [5, 5.41) is 2.92. The number of benzene rings is 1. The van der Waals surface area contributed by atoms with Crippen LogP contribution in [0.2, 0.25) is 0 Å². The number of nitrogens with one attached hydrogen (secondary N) is 1. The summed E-state index contributed by atoms with van der Waals surface area (Å²) in [5.74, 6) is -0.609. The van der Waals surface area contributed by atoms with Gasteiger partial charge in [0.15, 0.2) is 0 Å². The third-order valence-corrected chi connectivity index (χ3v) is 4.15. The summed E-state index contributed by atoms with van der Waals surface area (Å²) in [7, 11) is 3.32. The van der Waals surface area contributed by atoms with Gasteiger partial charge in [-0.15, -0.1) is 0 Å². The molecule has 0 spiro atoms. The second-order valence-corrected chi connectivity index (χ2v) is 6.27. The molecule has 0 unspecified atom stereocenters. The molecule has 0 bridgehead atoms. The number of ether oxygens (including phenoxy) is 2. The van der Waals surface area contributed by atoms with Gasteiger partial charge in [-0.3, -0.25) is 9.59 Å². The molecule has 2 rings (SSSR count). The first-order valence-corrected chi connectivity index (χ1v) is 8.39. The van der Waals surface area contributed by atoms with Gasteiger partial charge in [0.25, 0.3) is 0 Å². The highest BCUT2D eigenvalue weighted by Crippen LogP contribution is 2.13. The molecule has 0 aromatic heterocycles. The van der Waals surface area contributed by atoms with Crippen molar-refractivity contribution >= 4 is 11.8 Å². The Labute approximate surface area is 147 Å². The van der Waals surface area contributed by atoms with Gasteiger partial charge in [0.05, 0.1) is 12.6 Å². The van der Waals surface area contributed by atoms with E-state index in [9.17, 15) is 14.0 Å². The molecular weight excluding hydrogens is 327 g/mol. The van der Waals surface area contributed by atoms with Crippen LogP contribution in [-0.2, 0) is 25.5 Å². The summed E-state index contributed by atoms with van der Waals surface area (Å²) < 4.78 is 24.6. The van der Waals surface area contributed by atoms with Crippen LogP contribution in [0.5, 0.6) is 0 Å². The maximum Gasteiger partial charge on any atom is 0.248 e. The molecule has 6 nitrogen and oxygen atoms in total. The van der Waals surface area contributed by atoms with Crippen LogP contribution in [0.4, 0.5) is 4.39 Å². The zero-order valence-corrected chi connectivity index (χ0v) is 14.7. The van der Waals surface area contributed by atoms with Gasteiger partial charge in [0.1, 0.15) is 18.5 Å². The monoisotopic (exact) mass is 352 g/mol. The second kappa shape index (κ2) is 9.48. The molecule has 2 atom stereocenters. The third-order valence-electron chi connectivity index (χ3n) is 4.15. The zero-order chi connectivity index (χ0) is 18.2. The van der Waals surface area contributed by atoms with Gasteiger partial charge in [-0.1, -0.05) is 18.2 Å². The molecule has 138 valence electrons. The molecule has 2 amide bonds. The third kappa shape index (κ3) is 6.10. The summed E-state index contributed by atoms with van der Waals surface area (Å²) in [6, 6.07) is 6.22. The molecule has 0 aliphatic carbocycles. The van der Waals surface area contributed by atoms with E-state index in [0.717, 1.165) is 0 Å². The Kier molecular flexibility index (Phi) is 7.33. The minimum absolute atomic E-state index is 0.0530. The van der Waals surface area contributed by atoms with Gasteiger partial charge in [-0.05, 0) is 24.5 Å². The minimum atomic E-state index is -0.366. The predicted octanol–water partition coefficient (Wildman–Crippen LogP) is 1.14. The van der Waals surface area contributed by atoms with Gasteiger partial charge >= 0.3 is 0 Å². The fourth-order valence-corrected chi connectivity index (χ4v) is 2.58. The number of likely N-dealkylation sites (N-methyl/N-ethyl adjacent to an activating group) is 1. The highest BCUT2D eigenvalue weighted by molar-refractivity contribution is 5.77. The standard InChI is InChI=1S/C18H25FN2O4/c1-21(2)18(23)12-25-16-11-24-10-9-15(16)20-17(22)8-7-13-5-3-4-6-14(13)19/h3-6,15-16H,7-12H2,1-2H3,(H,20,22)/t15-,16-/m1/s1. The average molecular weight is 352 g/mol. The molecular formula is C18H25FN2O4. The Morgan fingerprint density at radius 1 is 1.36 bits per heavy atom. The summed E-state index contributed by atoms with van der Waals surface area (Å²) >= 11 is 0. The zero-order valence-electron chi connectivity index (χ0n) is 14.7. The van der Waals surface area contributed by atoms with Crippen molar-refractivity contribution in [3.8, 4) is 0 Å². The number of hydrogen-bond acceptors (Lipinski definition) is 4. The van der Waals surface area contributed by atoms with Crippen molar-refractivity contribution in [1.29, 1.82) is 0 Å². The van der Waals surface area contributed by atoms with Crippen LogP contribution in [-0.4, -0.2) is 62.8 Å². The van der Waals surface area contributed by atoms with E-state index < -0.39 is 0 Å². The number of hydrogen-bond donors (Lipinski definition) is 1. The average Bonchev–Trinajstić information content (AvgIpc) is 2.60. The maximum atomic E-state index is 13.6. The smallest absolute Gasteiger partial charge is 0.248 e. The van der Waals surface area contributed by atoms with Crippen LogP contribution in [0, 0.1) is 5.82 Å². The van der Waals surface area contributed by atoms with E-state index in [2.05, 4.69) is 5.32 Å². The molecule has 25 heavy (non-hydrogen) atoms. The van der Waals surface area contributed by atoms with Crippen LogP contribution in [0.15, 0.2) is 24.3 Å². The molecule has 7 heteroatoms. The Bertz CT molecular complexity index is 594. The maximum absolute atomic E-state index is 13.6. The van der Waals surface area contributed by atoms with E-state index in [1.165, 1.54) is 11.0 Å². The first-order valence-electron chi connectivity index (χ1n) is 8.39. The van der Waals surface area contributed by atoms with E-state index in [4.69, 9.17) is 9.47 Å². The van der Waals surface area contributed by atoms with Crippen LogP contribution < -0.4 is 5.32 Å². The van der Waals surface area contributed by atoms with Crippen LogP contribution in [0.3, 0.4) is 0 Å². The number of carbonyl (C=O) groups excluding carboxylic acids is 2. The second-order valence-electron chi connectivity index (χ2n) is 6.27. The number of carbonyl (C=O) groups is 2. The van der Waals surface area contributed by atoms with E-state index in [1.54, 1.807) is 32.3 Å². The van der Waals surface area contributed by atoms with Gasteiger partial charge in [0.2, 0.25) is 11.8 Å². The van der Waals surface area contributed by atoms with Crippen molar-refractivity contribution in [3.63, 3.8) is 0 Å². The van der Waals surface area contributed by atoms with Gasteiger partial charge in [-0.25, -0.2) is 4.39 Å². The summed E-state index contributed by atoms with van der Waals surface area (Å²) in [5.41, 5.74) is 0.522.